The highest BCUT2D eigenvalue weighted by Crippen LogP contribution is 2.19. The molecule has 114 valence electrons. The molecule has 1 heterocycles. The SMILES string of the molecule is OC(CNCc1cccc2ccoc12)Cc1cccc(Cl)c1. The van der Waals surface area contributed by atoms with Crippen molar-refractivity contribution in [3.8, 4) is 0 Å². The van der Waals surface area contributed by atoms with Crippen molar-refractivity contribution < 1.29 is 9.52 Å². The minimum absolute atomic E-state index is 0.450. The van der Waals surface area contributed by atoms with Crippen LogP contribution >= 0.6 is 11.6 Å². The molecule has 2 aromatic carbocycles. The molecule has 0 aliphatic heterocycles. The minimum atomic E-state index is -0.450. The van der Waals surface area contributed by atoms with Crippen LogP contribution in [0.4, 0.5) is 0 Å². The lowest BCUT2D eigenvalue weighted by molar-refractivity contribution is 0.171. The van der Waals surface area contributed by atoms with Gasteiger partial charge in [-0.05, 0) is 30.2 Å². The lowest BCUT2D eigenvalue weighted by Crippen LogP contribution is -2.28. The maximum Gasteiger partial charge on any atom is 0.138 e. The number of hydrogen-bond acceptors (Lipinski definition) is 3. The maximum absolute atomic E-state index is 10.1. The molecule has 0 saturated carbocycles. The van der Waals surface area contributed by atoms with Crippen LogP contribution in [0.1, 0.15) is 11.1 Å². The van der Waals surface area contributed by atoms with E-state index < -0.39 is 6.10 Å². The van der Waals surface area contributed by atoms with Crippen LogP contribution in [0.25, 0.3) is 11.0 Å². The topological polar surface area (TPSA) is 45.4 Å². The quantitative estimate of drug-likeness (QED) is 0.727. The second kappa shape index (κ2) is 6.97. The maximum atomic E-state index is 10.1. The number of benzene rings is 2. The number of fused-ring (bicyclic) bond motifs is 1. The first kappa shape index (κ1) is 15.1. The summed E-state index contributed by atoms with van der Waals surface area (Å²) in [5.74, 6) is 0. The molecule has 0 amide bonds. The molecule has 0 aliphatic carbocycles. The number of para-hydroxylation sites is 1. The second-order valence-electron chi connectivity index (χ2n) is 5.37. The molecular weight excluding hydrogens is 298 g/mol. The average molecular weight is 316 g/mol. The van der Waals surface area contributed by atoms with Gasteiger partial charge in [-0.15, -0.1) is 0 Å². The molecule has 3 nitrogen and oxygen atoms in total. The first-order valence-electron chi connectivity index (χ1n) is 7.31. The molecule has 0 bridgehead atoms. The lowest BCUT2D eigenvalue weighted by atomic mass is 10.1. The third-order valence-corrected chi connectivity index (χ3v) is 3.85. The summed E-state index contributed by atoms with van der Waals surface area (Å²) in [5, 5.41) is 15.2. The van der Waals surface area contributed by atoms with Gasteiger partial charge in [0.15, 0.2) is 0 Å². The van der Waals surface area contributed by atoms with E-state index in [0.717, 1.165) is 22.1 Å². The van der Waals surface area contributed by atoms with Gasteiger partial charge in [-0.1, -0.05) is 41.9 Å². The van der Waals surface area contributed by atoms with Crippen molar-refractivity contribution in [1.29, 1.82) is 0 Å². The monoisotopic (exact) mass is 315 g/mol. The van der Waals surface area contributed by atoms with Crippen LogP contribution in [0.5, 0.6) is 0 Å². The van der Waals surface area contributed by atoms with Crippen molar-refractivity contribution in [2.24, 2.45) is 0 Å². The first-order chi connectivity index (χ1) is 10.7. The van der Waals surface area contributed by atoms with Crippen LogP contribution < -0.4 is 5.32 Å². The van der Waals surface area contributed by atoms with Gasteiger partial charge in [-0.2, -0.15) is 0 Å². The Bertz CT molecular complexity index is 753. The third kappa shape index (κ3) is 3.69. The van der Waals surface area contributed by atoms with Gasteiger partial charge in [0.25, 0.3) is 0 Å². The Balaban J connectivity index is 1.53. The van der Waals surface area contributed by atoms with E-state index in [0.29, 0.717) is 24.5 Å². The predicted octanol–water partition coefficient (Wildman–Crippen LogP) is 3.78. The van der Waals surface area contributed by atoms with Gasteiger partial charge in [0.05, 0.1) is 12.4 Å². The zero-order chi connectivity index (χ0) is 15.4. The summed E-state index contributed by atoms with van der Waals surface area (Å²) in [7, 11) is 0. The number of hydrogen-bond donors (Lipinski definition) is 2. The smallest absolute Gasteiger partial charge is 0.138 e. The molecule has 4 heteroatoms. The first-order valence-corrected chi connectivity index (χ1v) is 7.68. The Morgan fingerprint density at radius 2 is 2.00 bits per heavy atom. The van der Waals surface area contributed by atoms with E-state index in [1.807, 2.05) is 48.5 Å². The fourth-order valence-electron chi connectivity index (χ4n) is 2.58. The Hall–Kier alpha value is -1.81. The highest BCUT2D eigenvalue weighted by atomic mass is 35.5. The van der Waals surface area contributed by atoms with Crippen LogP contribution in [-0.2, 0) is 13.0 Å². The molecule has 0 spiro atoms. The fraction of sp³-hybridized carbons (Fsp3) is 0.222. The molecule has 2 N–H and O–H groups in total. The van der Waals surface area contributed by atoms with Crippen molar-refractivity contribution >= 4 is 22.6 Å². The number of furan rings is 1. The summed E-state index contributed by atoms with van der Waals surface area (Å²) in [6.45, 7) is 1.18. The predicted molar refractivity (Wildman–Crippen MR) is 89.1 cm³/mol. The highest BCUT2D eigenvalue weighted by Gasteiger charge is 2.07. The Labute approximate surface area is 134 Å². The van der Waals surface area contributed by atoms with E-state index in [4.69, 9.17) is 16.0 Å². The third-order valence-electron chi connectivity index (χ3n) is 3.62. The van der Waals surface area contributed by atoms with Gasteiger partial charge in [0, 0.05) is 29.1 Å². The molecule has 0 aliphatic rings. The normalized spacial score (nSPS) is 12.6. The number of aliphatic hydroxyl groups excluding tert-OH is 1. The van der Waals surface area contributed by atoms with Gasteiger partial charge in [0.1, 0.15) is 5.58 Å². The van der Waals surface area contributed by atoms with Crippen molar-refractivity contribution in [2.45, 2.75) is 19.1 Å². The molecule has 1 aromatic heterocycles. The zero-order valence-corrected chi connectivity index (χ0v) is 12.9. The summed E-state index contributed by atoms with van der Waals surface area (Å²) >= 11 is 5.95. The molecule has 1 unspecified atom stereocenters. The molecule has 0 saturated heterocycles. The van der Waals surface area contributed by atoms with Crippen molar-refractivity contribution in [2.75, 3.05) is 6.54 Å². The Morgan fingerprint density at radius 1 is 1.14 bits per heavy atom. The van der Waals surface area contributed by atoms with Gasteiger partial charge in [-0.25, -0.2) is 0 Å². The van der Waals surface area contributed by atoms with Crippen LogP contribution in [0, 0.1) is 0 Å². The number of rotatable bonds is 6. The van der Waals surface area contributed by atoms with E-state index in [1.165, 1.54) is 0 Å². The molecular formula is C18H18ClNO2. The molecule has 3 aromatic rings. The second-order valence-corrected chi connectivity index (χ2v) is 5.81. The Morgan fingerprint density at radius 3 is 2.86 bits per heavy atom. The van der Waals surface area contributed by atoms with Crippen LogP contribution in [0.15, 0.2) is 59.2 Å². The summed E-state index contributed by atoms with van der Waals surface area (Å²) < 4.78 is 5.50. The van der Waals surface area contributed by atoms with Gasteiger partial charge in [0.2, 0.25) is 0 Å². The number of nitrogens with one attached hydrogen (secondary N) is 1. The van der Waals surface area contributed by atoms with E-state index in [2.05, 4.69) is 5.32 Å². The van der Waals surface area contributed by atoms with Crippen molar-refractivity contribution in [3.05, 3.63) is 70.9 Å². The number of aliphatic hydroxyl groups is 1. The molecule has 22 heavy (non-hydrogen) atoms. The summed E-state index contributed by atoms with van der Waals surface area (Å²) in [4.78, 5) is 0. The fourth-order valence-corrected chi connectivity index (χ4v) is 2.79. The standard InChI is InChI=1S/C18H18ClNO2/c19-16-6-1-3-13(9-16)10-17(21)12-20-11-15-5-2-4-14-7-8-22-18(14)15/h1-9,17,20-21H,10-12H2. The summed E-state index contributed by atoms with van der Waals surface area (Å²) in [6.07, 6.45) is 1.83. The Kier molecular flexibility index (Phi) is 4.78. The minimum Gasteiger partial charge on any atom is -0.464 e. The van der Waals surface area contributed by atoms with Crippen molar-refractivity contribution in [1.82, 2.24) is 5.32 Å². The highest BCUT2D eigenvalue weighted by molar-refractivity contribution is 6.30. The van der Waals surface area contributed by atoms with Gasteiger partial charge >= 0.3 is 0 Å². The zero-order valence-electron chi connectivity index (χ0n) is 12.1. The average Bonchev–Trinajstić information content (AvgIpc) is 2.96. The van der Waals surface area contributed by atoms with E-state index in [1.54, 1.807) is 6.26 Å². The number of halogens is 1. The van der Waals surface area contributed by atoms with E-state index >= 15 is 0 Å². The van der Waals surface area contributed by atoms with Crippen LogP contribution in [0.2, 0.25) is 5.02 Å². The molecule has 0 fully saturated rings. The van der Waals surface area contributed by atoms with Crippen LogP contribution in [-0.4, -0.2) is 17.8 Å². The lowest BCUT2D eigenvalue weighted by Gasteiger charge is -2.12. The summed E-state index contributed by atoms with van der Waals surface area (Å²) in [5.41, 5.74) is 3.03. The largest absolute Gasteiger partial charge is 0.464 e. The van der Waals surface area contributed by atoms with E-state index in [9.17, 15) is 5.11 Å². The molecule has 0 radical (unpaired) electrons. The van der Waals surface area contributed by atoms with Crippen molar-refractivity contribution in [3.63, 3.8) is 0 Å². The van der Waals surface area contributed by atoms with E-state index in [-0.39, 0.29) is 0 Å². The molecule has 3 rings (SSSR count). The molecule has 1 atom stereocenters. The van der Waals surface area contributed by atoms with Gasteiger partial charge < -0.3 is 14.8 Å². The van der Waals surface area contributed by atoms with Crippen LogP contribution in [0.3, 0.4) is 0 Å². The summed E-state index contributed by atoms with van der Waals surface area (Å²) in [6, 6.07) is 15.6. The van der Waals surface area contributed by atoms with Gasteiger partial charge in [-0.3, -0.25) is 0 Å².